The van der Waals surface area contributed by atoms with E-state index in [1.165, 1.54) is 0 Å². The van der Waals surface area contributed by atoms with Crippen molar-refractivity contribution in [2.45, 2.75) is 31.5 Å². The Kier molecular flexibility index (Phi) is 3.40. The van der Waals surface area contributed by atoms with Crippen LogP contribution in [-0.2, 0) is 0 Å². The van der Waals surface area contributed by atoms with Gasteiger partial charge in [0.2, 0.25) is 11.8 Å². The fourth-order valence-corrected chi connectivity index (χ4v) is 1.68. The molecule has 1 heterocycles. The van der Waals surface area contributed by atoms with Crippen LogP contribution < -0.4 is 10.6 Å². The average molecular weight is 291 g/mol. The fourth-order valence-electron chi connectivity index (χ4n) is 1.68. The Hall–Kier alpha value is -2.13. The highest BCUT2D eigenvalue weighted by Gasteiger charge is 2.64. The van der Waals surface area contributed by atoms with Gasteiger partial charge in [0, 0.05) is 6.54 Å². The van der Waals surface area contributed by atoms with Gasteiger partial charge in [0.05, 0.1) is 4.92 Å². The van der Waals surface area contributed by atoms with Crippen LogP contribution in [-0.4, -0.2) is 33.2 Å². The second kappa shape index (κ2) is 4.76. The van der Waals surface area contributed by atoms with Crippen LogP contribution in [0.25, 0.3) is 0 Å². The normalized spacial score (nSPS) is 16.6. The molecular formula is C10H12F3N5O2. The van der Waals surface area contributed by atoms with Crippen LogP contribution in [0.3, 0.4) is 0 Å². The monoisotopic (exact) mass is 291 g/mol. The van der Waals surface area contributed by atoms with E-state index in [9.17, 15) is 23.3 Å². The zero-order chi connectivity index (χ0) is 15.0. The maximum absolute atomic E-state index is 12.9. The second-order valence-corrected chi connectivity index (χ2v) is 4.42. The van der Waals surface area contributed by atoms with Crippen molar-refractivity contribution in [3.05, 3.63) is 16.3 Å². The molecule has 1 aromatic heterocycles. The highest BCUT2D eigenvalue weighted by atomic mass is 19.4. The van der Waals surface area contributed by atoms with E-state index in [4.69, 9.17) is 0 Å². The summed E-state index contributed by atoms with van der Waals surface area (Å²) in [7, 11) is 0. The lowest BCUT2D eigenvalue weighted by Gasteiger charge is -2.21. The molecule has 1 aliphatic rings. The third-order valence-corrected chi connectivity index (χ3v) is 2.95. The molecule has 1 aliphatic carbocycles. The molecule has 0 radical (unpaired) electrons. The van der Waals surface area contributed by atoms with Crippen molar-refractivity contribution >= 4 is 17.5 Å². The number of alkyl halides is 3. The summed E-state index contributed by atoms with van der Waals surface area (Å²) < 4.78 is 38.6. The first-order valence-electron chi connectivity index (χ1n) is 5.89. The van der Waals surface area contributed by atoms with Crippen molar-refractivity contribution in [1.29, 1.82) is 0 Å². The zero-order valence-corrected chi connectivity index (χ0v) is 10.5. The molecule has 7 nitrogen and oxygen atoms in total. The van der Waals surface area contributed by atoms with Gasteiger partial charge in [0.25, 0.3) is 0 Å². The van der Waals surface area contributed by atoms with Gasteiger partial charge in [-0.05, 0) is 19.8 Å². The number of hydrogen-bond acceptors (Lipinski definition) is 6. The van der Waals surface area contributed by atoms with E-state index >= 15 is 0 Å². The Morgan fingerprint density at radius 3 is 2.60 bits per heavy atom. The molecule has 10 heteroatoms. The van der Waals surface area contributed by atoms with Gasteiger partial charge in [-0.3, -0.25) is 10.1 Å². The predicted molar refractivity (Wildman–Crippen MR) is 64.5 cm³/mol. The topological polar surface area (TPSA) is 93.0 Å². The lowest BCUT2D eigenvalue weighted by molar-refractivity contribution is -0.384. The van der Waals surface area contributed by atoms with E-state index in [1.54, 1.807) is 6.92 Å². The molecule has 0 aromatic carbocycles. The molecule has 1 aromatic rings. The Bertz CT molecular complexity index is 530. The number of anilines is 2. The van der Waals surface area contributed by atoms with Crippen LogP contribution in [0.15, 0.2) is 6.20 Å². The summed E-state index contributed by atoms with van der Waals surface area (Å²) in [6, 6.07) is 0. The van der Waals surface area contributed by atoms with Gasteiger partial charge < -0.3 is 10.6 Å². The molecular weight excluding hydrogens is 279 g/mol. The van der Waals surface area contributed by atoms with E-state index in [2.05, 4.69) is 20.6 Å². The molecule has 2 N–H and O–H groups in total. The van der Waals surface area contributed by atoms with Crippen molar-refractivity contribution in [1.82, 2.24) is 9.97 Å². The number of rotatable bonds is 5. The first-order valence-corrected chi connectivity index (χ1v) is 5.89. The molecule has 1 fully saturated rings. The maximum atomic E-state index is 12.9. The summed E-state index contributed by atoms with van der Waals surface area (Å²) in [5.41, 5.74) is -2.70. The van der Waals surface area contributed by atoms with Crippen LogP contribution in [0, 0.1) is 10.1 Å². The number of nitrogens with zero attached hydrogens (tertiary/aromatic N) is 3. The lowest BCUT2D eigenvalue weighted by Crippen LogP contribution is -2.39. The molecule has 1 saturated carbocycles. The lowest BCUT2D eigenvalue weighted by atomic mass is 10.2. The van der Waals surface area contributed by atoms with Gasteiger partial charge in [-0.15, -0.1) is 0 Å². The van der Waals surface area contributed by atoms with Gasteiger partial charge in [-0.25, -0.2) is 4.98 Å². The van der Waals surface area contributed by atoms with Crippen molar-refractivity contribution in [3.63, 3.8) is 0 Å². The molecule has 0 atom stereocenters. The Morgan fingerprint density at radius 2 is 2.15 bits per heavy atom. The van der Waals surface area contributed by atoms with Crippen molar-refractivity contribution in [3.8, 4) is 0 Å². The largest absolute Gasteiger partial charge is 0.411 e. The fraction of sp³-hybridized carbons (Fsp3) is 0.600. The minimum atomic E-state index is -4.48. The van der Waals surface area contributed by atoms with Crippen molar-refractivity contribution < 1.29 is 18.1 Å². The summed E-state index contributed by atoms with van der Waals surface area (Å²) in [4.78, 5) is 17.4. The Labute approximate surface area is 111 Å². The van der Waals surface area contributed by atoms with Gasteiger partial charge in [-0.2, -0.15) is 18.2 Å². The third kappa shape index (κ3) is 2.58. The predicted octanol–water partition coefficient (Wildman–Crippen LogP) is 2.32. The SMILES string of the molecule is CCNc1ncc([N+](=O)[O-])c(NC2(C(F)(F)F)CC2)n1. The molecule has 2 rings (SSSR count). The number of halogens is 3. The van der Waals surface area contributed by atoms with Gasteiger partial charge in [0.1, 0.15) is 11.7 Å². The first kappa shape index (κ1) is 14.3. The van der Waals surface area contributed by atoms with Gasteiger partial charge >= 0.3 is 11.9 Å². The standard InChI is InChI=1S/C10H12F3N5O2/c1-2-14-8-15-5-6(18(19)20)7(16-8)17-9(3-4-9)10(11,12)13/h5H,2-4H2,1H3,(H2,14,15,16,17). The molecule has 0 aliphatic heterocycles. The molecule has 20 heavy (non-hydrogen) atoms. The summed E-state index contributed by atoms with van der Waals surface area (Å²) >= 11 is 0. The number of nitro groups is 1. The van der Waals surface area contributed by atoms with Crippen LogP contribution in [0.1, 0.15) is 19.8 Å². The average Bonchev–Trinajstić information content (AvgIpc) is 3.09. The smallest absolute Gasteiger partial charge is 0.354 e. The molecule has 0 bridgehead atoms. The zero-order valence-electron chi connectivity index (χ0n) is 10.5. The first-order chi connectivity index (χ1) is 9.29. The molecule has 0 unspecified atom stereocenters. The maximum Gasteiger partial charge on any atom is 0.411 e. The number of aromatic nitrogens is 2. The van der Waals surface area contributed by atoms with Gasteiger partial charge in [0.15, 0.2) is 0 Å². The van der Waals surface area contributed by atoms with Crippen LogP contribution in [0.5, 0.6) is 0 Å². The van der Waals surface area contributed by atoms with Crippen LogP contribution >= 0.6 is 0 Å². The molecule has 0 saturated heterocycles. The highest BCUT2D eigenvalue weighted by Crippen LogP contribution is 2.51. The quantitative estimate of drug-likeness (QED) is 0.639. The van der Waals surface area contributed by atoms with E-state index in [0.29, 0.717) is 6.54 Å². The minimum absolute atomic E-state index is 0.0403. The van der Waals surface area contributed by atoms with E-state index in [0.717, 1.165) is 6.20 Å². The van der Waals surface area contributed by atoms with Crippen LogP contribution in [0.4, 0.5) is 30.6 Å². The van der Waals surface area contributed by atoms with E-state index in [1.807, 2.05) is 0 Å². The second-order valence-electron chi connectivity index (χ2n) is 4.42. The number of nitrogens with one attached hydrogen (secondary N) is 2. The van der Waals surface area contributed by atoms with Crippen molar-refractivity contribution in [2.75, 3.05) is 17.2 Å². The third-order valence-electron chi connectivity index (χ3n) is 2.95. The molecule has 110 valence electrons. The van der Waals surface area contributed by atoms with Gasteiger partial charge in [-0.1, -0.05) is 0 Å². The summed E-state index contributed by atoms with van der Waals surface area (Å²) in [5, 5.41) is 15.7. The van der Waals surface area contributed by atoms with Crippen molar-refractivity contribution in [2.24, 2.45) is 0 Å². The Balaban J connectivity index is 2.34. The number of hydrogen-bond donors (Lipinski definition) is 2. The molecule has 0 spiro atoms. The van der Waals surface area contributed by atoms with Crippen LogP contribution in [0.2, 0.25) is 0 Å². The minimum Gasteiger partial charge on any atom is -0.354 e. The Morgan fingerprint density at radius 1 is 1.50 bits per heavy atom. The van der Waals surface area contributed by atoms with E-state index < -0.39 is 28.1 Å². The molecule has 0 amide bonds. The van der Waals surface area contributed by atoms with E-state index in [-0.39, 0.29) is 18.8 Å². The summed E-state index contributed by atoms with van der Waals surface area (Å²) in [6.45, 7) is 2.19. The summed E-state index contributed by atoms with van der Waals surface area (Å²) in [5.74, 6) is -0.380. The summed E-state index contributed by atoms with van der Waals surface area (Å²) in [6.07, 6.45) is -3.85. The highest BCUT2D eigenvalue weighted by molar-refractivity contribution is 5.59.